The quantitative estimate of drug-likeness (QED) is 0.490. The van der Waals surface area contributed by atoms with Crippen molar-refractivity contribution in [2.24, 2.45) is 5.84 Å². The lowest BCUT2D eigenvalue weighted by molar-refractivity contribution is 0.561. The minimum atomic E-state index is -0.158. The third-order valence-electron chi connectivity index (χ3n) is 2.79. The van der Waals surface area contributed by atoms with Gasteiger partial charge in [0.05, 0.1) is 5.02 Å². The smallest absolute Gasteiger partial charge is 0.131 e. The van der Waals surface area contributed by atoms with Crippen LogP contribution >= 0.6 is 34.2 Å². The van der Waals surface area contributed by atoms with Gasteiger partial charge in [-0.15, -0.1) is 0 Å². The van der Waals surface area contributed by atoms with E-state index in [-0.39, 0.29) is 6.04 Å². The zero-order valence-corrected chi connectivity index (χ0v) is 12.8. The molecule has 18 heavy (non-hydrogen) atoms. The SMILES string of the molecule is CCn1ccnc1C(NN)c1ccc(I)c(Cl)c1. The van der Waals surface area contributed by atoms with Gasteiger partial charge in [0.2, 0.25) is 0 Å². The van der Waals surface area contributed by atoms with E-state index in [1.54, 1.807) is 6.20 Å². The van der Waals surface area contributed by atoms with E-state index in [2.05, 4.69) is 44.5 Å². The molecule has 96 valence electrons. The lowest BCUT2D eigenvalue weighted by Crippen LogP contribution is -2.31. The highest BCUT2D eigenvalue weighted by Crippen LogP contribution is 2.26. The highest BCUT2D eigenvalue weighted by Gasteiger charge is 2.18. The van der Waals surface area contributed by atoms with Gasteiger partial charge in [0.1, 0.15) is 11.9 Å². The van der Waals surface area contributed by atoms with Gasteiger partial charge in [-0.1, -0.05) is 17.7 Å². The predicted octanol–water partition coefficient (Wildman–Crippen LogP) is 2.71. The molecule has 1 atom stereocenters. The van der Waals surface area contributed by atoms with Crippen molar-refractivity contribution in [2.75, 3.05) is 0 Å². The highest BCUT2D eigenvalue weighted by atomic mass is 127. The summed E-state index contributed by atoms with van der Waals surface area (Å²) in [5.41, 5.74) is 3.80. The van der Waals surface area contributed by atoms with Crippen LogP contribution in [0.4, 0.5) is 0 Å². The van der Waals surface area contributed by atoms with E-state index in [1.807, 2.05) is 24.4 Å². The number of hydrogen-bond acceptors (Lipinski definition) is 3. The lowest BCUT2D eigenvalue weighted by atomic mass is 10.1. The molecular formula is C12H14ClIN4. The van der Waals surface area contributed by atoms with Crippen LogP contribution in [0.5, 0.6) is 0 Å². The molecule has 0 saturated carbocycles. The Bertz CT molecular complexity index is 541. The Balaban J connectivity index is 2.42. The van der Waals surface area contributed by atoms with Crippen LogP contribution in [0.25, 0.3) is 0 Å². The number of nitrogens with zero attached hydrogens (tertiary/aromatic N) is 2. The first-order valence-corrected chi connectivity index (χ1v) is 7.05. The molecule has 0 fully saturated rings. The van der Waals surface area contributed by atoms with Crippen molar-refractivity contribution >= 4 is 34.2 Å². The number of nitrogens with two attached hydrogens (primary N) is 1. The number of aryl methyl sites for hydroxylation is 1. The number of nitrogens with one attached hydrogen (secondary N) is 1. The van der Waals surface area contributed by atoms with Gasteiger partial charge >= 0.3 is 0 Å². The van der Waals surface area contributed by atoms with Crippen LogP contribution < -0.4 is 11.3 Å². The molecule has 0 bridgehead atoms. The first kappa shape index (κ1) is 13.8. The minimum absolute atomic E-state index is 0.158. The third-order valence-corrected chi connectivity index (χ3v) is 4.36. The molecule has 2 aromatic rings. The summed E-state index contributed by atoms with van der Waals surface area (Å²) in [6.07, 6.45) is 3.71. The molecule has 3 N–H and O–H groups in total. The van der Waals surface area contributed by atoms with E-state index >= 15 is 0 Å². The maximum absolute atomic E-state index is 6.15. The number of halogens is 2. The van der Waals surface area contributed by atoms with E-state index < -0.39 is 0 Å². The molecule has 0 amide bonds. The van der Waals surface area contributed by atoms with E-state index in [9.17, 15) is 0 Å². The Morgan fingerprint density at radius 2 is 2.33 bits per heavy atom. The van der Waals surface area contributed by atoms with Crippen LogP contribution in [0, 0.1) is 3.57 Å². The van der Waals surface area contributed by atoms with Crippen molar-refractivity contribution in [3.63, 3.8) is 0 Å². The van der Waals surface area contributed by atoms with Crippen LogP contribution in [0.1, 0.15) is 24.4 Å². The van der Waals surface area contributed by atoms with Crippen molar-refractivity contribution in [3.05, 3.63) is 50.6 Å². The summed E-state index contributed by atoms with van der Waals surface area (Å²) < 4.78 is 3.07. The van der Waals surface area contributed by atoms with Gasteiger partial charge in [-0.3, -0.25) is 5.84 Å². The number of hydrogen-bond donors (Lipinski definition) is 2. The van der Waals surface area contributed by atoms with E-state index in [0.29, 0.717) is 0 Å². The Kier molecular flexibility index (Phi) is 4.60. The maximum Gasteiger partial charge on any atom is 0.131 e. The summed E-state index contributed by atoms with van der Waals surface area (Å²) >= 11 is 8.35. The number of rotatable bonds is 4. The van der Waals surface area contributed by atoms with Gasteiger partial charge in [0, 0.05) is 22.5 Å². The number of benzene rings is 1. The zero-order chi connectivity index (χ0) is 13.1. The summed E-state index contributed by atoms with van der Waals surface area (Å²) in [4.78, 5) is 4.36. The second-order valence-electron chi connectivity index (χ2n) is 3.84. The van der Waals surface area contributed by atoms with Crippen LogP contribution in [0.3, 0.4) is 0 Å². The highest BCUT2D eigenvalue weighted by molar-refractivity contribution is 14.1. The molecular weight excluding hydrogens is 363 g/mol. The average molecular weight is 377 g/mol. The first-order chi connectivity index (χ1) is 8.67. The summed E-state index contributed by atoms with van der Waals surface area (Å²) in [5.74, 6) is 6.55. The van der Waals surface area contributed by atoms with Crippen molar-refractivity contribution < 1.29 is 0 Å². The molecule has 4 nitrogen and oxygen atoms in total. The van der Waals surface area contributed by atoms with Gasteiger partial charge in [-0.2, -0.15) is 0 Å². The Hall–Kier alpha value is -0.630. The maximum atomic E-state index is 6.15. The van der Waals surface area contributed by atoms with Gasteiger partial charge in [0.15, 0.2) is 0 Å². The van der Waals surface area contributed by atoms with Crippen LogP contribution in [0.15, 0.2) is 30.6 Å². The number of aromatic nitrogens is 2. The molecule has 0 radical (unpaired) electrons. The molecule has 0 saturated heterocycles. The van der Waals surface area contributed by atoms with Crippen LogP contribution in [-0.2, 0) is 6.54 Å². The van der Waals surface area contributed by atoms with Crippen LogP contribution in [0.2, 0.25) is 5.02 Å². The lowest BCUT2D eigenvalue weighted by Gasteiger charge is -2.17. The van der Waals surface area contributed by atoms with Crippen LogP contribution in [-0.4, -0.2) is 9.55 Å². The summed E-state index contributed by atoms with van der Waals surface area (Å²) in [7, 11) is 0. The normalized spacial score (nSPS) is 12.7. The summed E-state index contributed by atoms with van der Waals surface area (Å²) in [6.45, 7) is 2.92. The van der Waals surface area contributed by atoms with Crippen molar-refractivity contribution in [1.82, 2.24) is 15.0 Å². The Morgan fingerprint density at radius 3 is 2.94 bits per heavy atom. The molecule has 0 aliphatic carbocycles. The Morgan fingerprint density at radius 1 is 1.56 bits per heavy atom. The molecule has 1 heterocycles. The average Bonchev–Trinajstić information content (AvgIpc) is 2.83. The first-order valence-electron chi connectivity index (χ1n) is 5.59. The van der Waals surface area contributed by atoms with E-state index in [1.165, 1.54) is 0 Å². The van der Waals surface area contributed by atoms with Crippen molar-refractivity contribution in [3.8, 4) is 0 Å². The third kappa shape index (κ3) is 2.69. The standard InChI is InChI=1S/C12H14ClIN4/c1-2-18-6-5-16-12(18)11(17-15)8-3-4-10(14)9(13)7-8/h3-7,11,17H,2,15H2,1H3. The number of hydrazine groups is 1. The second kappa shape index (κ2) is 6.01. The monoisotopic (exact) mass is 376 g/mol. The molecule has 1 aromatic heterocycles. The Labute approximate surface area is 125 Å². The van der Waals surface area contributed by atoms with E-state index in [0.717, 1.165) is 26.5 Å². The van der Waals surface area contributed by atoms with Gasteiger partial charge < -0.3 is 4.57 Å². The molecule has 0 aliphatic heterocycles. The number of imidazole rings is 1. The molecule has 0 aliphatic rings. The van der Waals surface area contributed by atoms with Gasteiger partial charge in [-0.25, -0.2) is 10.4 Å². The molecule has 2 rings (SSSR count). The fourth-order valence-electron chi connectivity index (χ4n) is 1.86. The van der Waals surface area contributed by atoms with Gasteiger partial charge in [-0.05, 0) is 47.2 Å². The summed E-state index contributed by atoms with van der Waals surface area (Å²) in [5, 5.41) is 0.725. The molecule has 1 unspecified atom stereocenters. The summed E-state index contributed by atoms with van der Waals surface area (Å²) in [6, 6.07) is 5.74. The fraction of sp³-hybridized carbons (Fsp3) is 0.250. The van der Waals surface area contributed by atoms with Crippen molar-refractivity contribution in [2.45, 2.75) is 19.5 Å². The largest absolute Gasteiger partial charge is 0.334 e. The fourth-order valence-corrected chi connectivity index (χ4v) is 2.38. The van der Waals surface area contributed by atoms with Gasteiger partial charge in [0.25, 0.3) is 0 Å². The van der Waals surface area contributed by atoms with E-state index in [4.69, 9.17) is 17.4 Å². The zero-order valence-electron chi connectivity index (χ0n) is 9.90. The predicted molar refractivity (Wildman–Crippen MR) is 81.2 cm³/mol. The molecule has 1 aromatic carbocycles. The van der Waals surface area contributed by atoms with Crippen molar-refractivity contribution in [1.29, 1.82) is 0 Å². The molecule has 0 spiro atoms. The minimum Gasteiger partial charge on any atom is -0.334 e. The topological polar surface area (TPSA) is 55.9 Å². The molecule has 6 heteroatoms. The second-order valence-corrected chi connectivity index (χ2v) is 5.41.